The summed E-state index contributed by atoms with van der Waals surface area (Å²) in [5.74, 6) is -0.178. The smallest absolute Gasteiger partial charge is 0.374 e. The van der Waals surface area contributed by atoms with Crippen LogP contribution in [-0.2, 0) is 11.3 Å². The second-order valence-electron chi connectivity index (χ2n) is 4.52. The van der Waals surface area contributed by atoms with Gasteiger partial charge < -0.3 is 14.5 Å². The highest BCUT2D eigenvalue weighted by molar-refractivity contribution is 5.87. The monoisotopic (exact) mass is 273 g/mol. The van der Waals surface area contributed by atoms with E-state index in [1.165, 1.54) is 18.9 Å². The SMILES string of the molecule is CCC(NCc1ccoc1C(=O)OC)c1ccccc1. The van der Waals surface area contributed by atoms with Gasteiger partial charge in [0.1, 0.15) is 0 Å². The fraction of sp³-hybridized carbons (Fsp3) is 0.312. The number of hydrogen-bond donors (Lipinski definition) is 1. The Morgan fingerprint density at radius 3 is 2.70 bits per heavy atom. The number of hydrogen-bond acceptors (Lipinski definition) is 4. The minimum Gasteiger partial charge on any atom is -0.463 e. The van der Waals surface area contributed by atoms with Crippen LogP contribution in [0.15, 0.2) is 47.1 Å². The van der Waals surface area contributed by atoms with E-state index in [4.69, 9.17) is 9.15 Å². The van der Waals surface area contributed by atoms with Gasteiger partial charge in [-0.05, 0) is 18.1 Å². The molecule has 1 unspecified atom stereocenters. The van der Waals surface area contributed by atoms with Crippen molar-refractivity contribution in [1.82, 2.24) is 5.32 Å². The van der Waals surface area contributed by atoms with Crippen LogP contribution >= 0.6 is 0 Å². The number of rotatable bonds is 6. The Balaban J connectivity index is 2.04. The number of carbonyl (C=O) groups is 1. The lowest BCUT2D eigenvalue weighted by Gasteiger charge is -2.17. The van der Waals surface area contributed by atoms with Crippen molar-refractivity contribution >= 4 is 5.97 Å². The van der Waals surface area contributed by atoms with Crippen molar-refractivity contribution in [2.45, 2.75) is 25.9 Å². The Morgan fingerprint density at radius 2 is 2.05 bits per heavy atom. The number of nitrogens with one attached hydrogen (secondary N) is 1. The highest BCUT2D eigenvalue weighted by Gasteiger charge is 2.17. The molecule has 1 aromatic heterocycles. The van der Waals surface area contributed by atoms with Crippen molar-refractivity contribution in [2.24, 2.45) is 0 Å². The molecule has 0 saturated heterocycles. The summed E-state index contributed by atoms with van der Waals surface area (Å²) in [4.78, 5) is 11.5. The molecule has 0 aliphatic rings. The van der Waals surface area contributed by atoms with Crippen LogP contribution < -0.4 is 5.32 Å². The molecule has 1 N–H and O–H groups in total. The molecular weight excluding hydrogens is 254 g/mol. The van der Waals surface area contributed by atoms with E-state index >= 15 is 0 Å². The molecule has 1 heterocycles. The Kier molecular flexibility index (Phi) is 4.96. The molecule has 4 nitrogen and oxygen atoms in total. The number of carbonyl (C=O) groups excluding carboxylic acids is 1. The van der Waals surface area contributed by atoms with Gasteiger partial charge in [-0.2, -0.15) is 0 Å². The van der Waals surface area contributed by atoms with E-state index < -0.39 is 5.97 Å². The van der Waals surface area contributed by atoms with Crippen molar-refractivity contribution in [3.8, 4) is 0 Å². The van der Waals surface area contributed by atoms with Gasteiger partial charge in [-0.3, -0.25) is 0 Å². The lowest BCUT2D eigenvalue weighted by atomic mass is 10.0. The van der Waals surface area contributed by atoms with Crippen LogP contribution in [0.4, 0.5) is 0 Å². The van der Waals surface area contributed by atoms with Gasteiger partial charge in [0.05, 0.1) is 13.4 Å². The number of ether oxygens (including phenoxy) is 1. The molecule has 0 spiro atoms. The zero-order valence-corrected chi connectivity index (χ0v) is 11.8. The van der Waals surface area contributed by atoms with Crippen molar-refractivity contribution in [3.05, 3.63) is 59.5 Å². The third kappa shape index (κ3) is 3.27. The maximum atomic E-state index is 11.5. The normalized spacial score (nSPS) is 12.1. The summed E-state index contributed by atoms with van der Waals surface area (Å²) >= 11 is 0. The Hall–Kier alpha value is -2.07. The van der Waals surface area contributed by atoms with Gasteiger partial charge in [-0.25, -0.2) is 4.79 Å². The Bertz CT molecular complexity index is 548. The molecule has 20 heavy (non-hydrogen) atoms. The highest BCUT2D eigenvalue weighted by atomic mass is 16.5. The second kappa shape index (κ2) is 6.91. The molecule has 0 aliphatic carbocycles. The molecule has 0 saturated carbocycles. The molecule has 1 atom stereocenters. The van der Waals surface area contributed by atoms with Crippen molar-refractivity contribution in [2.75, 3.05) is 7.11 Å². The van der Waals surface area contributed by atoms with Gasteiger partial charge >= 0.3 is 5.97 Å². The largest absolute Gasteiger partial charge is 0.463 e. The van der Waals surface area contributed by atoms with Gasteiger partial charge in [0.15, 0.2) is 0 Å². The maximum absolute atomic E-state index is 11.5. The van der Waals surface area contributed by atoms with Crippen LogP contribution in [0.25, 0.3) is 0 Å². The van der Waals surface area contributed by atoms with Crippen LogP contribution in [0.2, 0.25) is 0 Å². The zero-order valence-electron chi connectivity index (χ0n) is 11.8. The van der Waals surface area contributed by atoms with E-state index in [0.29, 0.717) is 6.54 Å². The van der Waals surface area contributed by atoms with Gasteiger partial charge in [0.2, 0.25) is 5.76 Å². The molecule has 106 valence electrons. The van der Waals surface area contributed by atoms with E-state index in [2.05, 4.69) is 24.4 Å². The molecule has 1 aromatic carbocycles. The molecule has 0 fully saturated rings. The summed E-state index contributed by atoms with van der Waals surface area (Å²) in [6.07, 6.45) is 2.47. The van der Waals surface area contributed by atoms with E-state index in [-0.39, 0.29) is 11.8 Å². The van der Waals surface area contributed by atoms with Gasteiger partial charge in [0.25, 0.3) is 0 Å². The Labute approximate surface area is 118 Å². The van der Waals surface area contributed by atoms with Gasteiger partial charge in [-0.15, -0.1) is 0 Å². The van der Waals surface area contributed by atoms with E-state index in [1.54, 1.807) is 6.07 Å². The predicted molar refractivity (Wildman–Crippen MR) is 76.4 cm³/mol. The fourth-order valence-electron chi connectivity index (χ4n) is 2.16. The molecule has 0 radical (unpaired) electrons. The molecule has 0 amide bonds. The van der Waals surface area contributed by atoms with E-state index in [9.17, 15) is 4.79 Å². The standard InChI is InChI=1S/C16H19NO3/c1-3-14(12-7-5-4-6-8-12)17-11-13-9-10-20-15(13)16(18)19-2/h4-10,14,17H,3,11H2,1-2H3. The lowest BCUT2D eigenvalue weighted by molar-refractivity contribution is 0.0563. The molecule has 2 aromatic rings. The minimum absolute atomic E-state index is 0.247. The topological polar surface area (TPSA) is 51.5 Å². The quantitative estimate of drug-likeness (QED) is 0.820. The minimum atomic E-state index is -0.445. The Morgan fingerprint density at radius 1 is 1.30 bits per heavy atom. The van der Waals surface area contributed by atoms with Crippen LogP contribution in [-0.4, -0.2) is 13.1 Å². The van der Waals surface area contributed by atoms with Crippen molar-refractivity contribution in [3.63, 3.8) is 0 Å². The van der Waals surface area contributed by atoms with E-state index in [1.807, 2.05) is 18.2 Å². The molecule has 4 heteroatoms. The number of furan rings is 1. The average Bonchev–Trinajstić information content (AvgIpc) is 2.96. The molecular formula is C16H19NO3. The molecule has 0 bridgehead atoms. The van der Waals surface area contributed by atoms with Gasteiger partial charge in [0, 0.05) is 18.2 Å². The van der Waals surface area contributed by atoms with Crippen LogP contribution in [0.1, 0.15) is 41.1 Å². The predicted octanol–water partition coefficient (Wildman–Crippen LogP) is 3.31. The summed E-state index contributed by atoms with van der Waals surface area (Å²) in [7, 11) is 1.35. The summed E-state index contributed by atoms with van der Waals surface area (Å²) in [5.41, 5.74) is 2.05. The maximum Gasteiger partial charge on any atom is 0.374 e. The first-order valence-corrected chi connectivity index (χ1v) is 6.69. The van der Waals surface area contributed by atoms with Crippen LogP contribution in [0.3, 0.4) is 0 Å². The number of methoxy groups -OCH3 is 1. The first-order valence-electron chi connectivity index (χ1n) is 6.69. The highest BCUT2D eigenvalue weighted by Crippen LogP contribution is 2.18. The van der Waals surface area contributed by atoms with Gasteiger partial charge in [-0.1, -0.05) is 37.3 Å². The van der Waals surface area contributed by atoms with Crippen molar-refractivity contribution < 1.29 is 13.9 Å². The first kappa shape index (κ1) is 14.3. The van der Waals surface area contributed by atoms with Crippen molar-refractivity contribution in [1.29, 1.82) is 0 Å². The molecule has 2 rings (SSSR count). The lowest BCUT2D eigenvalue weighted by Crippen LogP contribution is -2.21. The summed E-state index contributed by atoms with van der Waals surface area (Å²) in [5, 5.41) is 3.44. The number of benzene rings is 1. The molecule has 0 aliphatic heterocycles. The fourth-order valence-corrected chi connectivity index (χ4v) is 2.16. The average molecular weight is 273 g/mol. The zero-order chi connectivity index (χ0) is 14.4. The summed E-state index contributed by atoms with van der Waals surface area (Å²) in [6.45, 7) is 2.69. The first-order chi connectivity index (χ1) is 9.76. The summed E-state index contributed by atoms with van der Waals surface area (Å²) < 4.78 is 9.87. The number of esters is 1. The van der Waals surface area contributed by atoms with E-state index in [0.717, 1.165) is 12.0 Å². The second-order valence-corrected chi connectivity index (χ2v) is 4.52. The van der Waals surface area contributed by atoms with Crippen LogP contribution in [0.5, 0.6) is 0 Å². The summed E-state index contributed by atoms with van der Waals surface area (Å²) in [6, 6.07) is 12.3. The third-order valence-corrected chi connectivity index (χ3v) is 3.27. The van der Waals surface area contributed by atoms with Crippen LogP contribution in [0, 0.1) is 0 Å². The third-order valence-electron chi connectivity index (χ3n) is 3.27.